The average molecular weight is 466 g/mol. The van der Waals surface area contributed by atoms with Crippen LogP contribution in [0.15, 0.2) is 59.8 Å². The molecule has 1 saturated heterocycles. The molecule has 2 unspecified atom stereocenters. The average Bonchev–Trinajstić information content (AvgIpc) is 3.45. The van der Waals surface area contributed by atoms with E-state index in [0.717, 1.165) is 48.3 Å². The lowest BCUT2D eigenvalue weighted by atomic mass is 10.2. The van der Waals surface area contributed by atoms with Crippen molar-refractivity contribution < 1.29 is 9.53 Å². The summed E-state index contributed by atoms with van der Waals surface area (Å²) in [6.45, 7) is 7.47. The topological polar surface area (TPSA) is 72.3 Å². The molecule has 0 saturated carbocycles. The highest BCUT2D eigenvalue weighted by atomic mass is 32.2. The van der Waals surface area contributed by atoms with E-state index in [2.05, 4.69) is 51.6 Å². The summed E-state index contributed by atoms with van der Waals surface area (Å²) in [5.74, 6) is 1.54. The van der Waals surface area contributed by atoms with Crippen molar-refractivity contribution in [3.63, 3.8) is 0 Å². The van der Waals surface area contributed by atoms with Gasteiger partial charge < -0.3 is 14.6 Å². The molecule has 3 aromatic rings. The number of nitrogens with one attached hydrogen (secondary N) is 1. The molecule has 4 rings (SSSR count). The van der Waals surface area contributed by atoms with Gasteiger partial charge in [0.2, 0.25) is 5.91 Å². The largest absolute Gasteiger partial charge is 0.496 e. The molecule has 1 aromatic heterocycles. The molecule has 0 spiro atoms. The number of rotatable bonds is 9. The Morgan fingerprint density at radius 2 is 1.94 bits per heavy atom. The van der Waals surface area contributed by atoms with Crippen LogP contribution in [0.2, 0.25) is 0 Å². The molecule has 7 nitrogen and oxygen atoms in total. The van der Waals surface area contributed by atoms with Crippen LogP contribution >= 0.6 is 11.8 Å². The number of hydrogen-bond donors (Lipinski definition) is 1. The van der Waals surface area contributed by atoms with Gasteiger partial charge >= 0.3 is 0 Å². The highest BCUT2D eigenvalue weighted by molar-refractivity contribution is 8.00. The minimum atomic E-state index is -0.270. The zero-order valence-electron chi connectivity index (χ0n) is 19.4. The lowest BCUT2D eigenvalue weighted by molar-refractivity contribution is -0.120. The van der Waals surface area contributed by atoms with Gasteiger partial charge in [-0.3, -0.25) is 9.69 Å². The van der Waals surface area contributed by atoms with Gasteiger partial charge in [0.05, 0.1) is 17.9 Å². The monoisotopic (exact) mass is 465 g/mol. The standard InChI is InChI=1S/C25H31N5O2S/c1-4-30-23(21-12-8-9-13-22(21)32-3)27-28-25(30)33-18(2)24(31)26-20-14-15-29(17-20)16-19-10-6-5-7-11-19/h5-13,18,20H,4,14-17H2,1-3H3,(H,26,31). The number of nitrogens with zero attached hydrogens (tertiary/aromatic N) is 4. The molecule has 2 heterocycles. The smallest absolute Gasteiger partial charge is 0.233 e. The lowest BCUT2D eigenvalue weighted by Gasteiger charge is -2.18. The van der Waals surface area contributed by atoms with Crippen molar-refractivity contribution in [1.82, 2.24) is 25.0 Å². The van der Waals surface area contributed by atoms with Crippen molar-refractivity contribution in [3.05, 3.63) is 60.2 Å². The van der Waals surface area contributed by atoms with E-state index >= 15 is 0 Å². The normalized spacial score (nSPS) is 17.1. The quantitative estimate of drug-likeness (QED) is 0.484. The summed E-state index contributed by atoms with van der Waals surface area (Å²) in [5, 5.41) is 12.5. The van der Waals surface area contributed by atoms with Crippen LogP contribution in [0.1, 0.15) is 25.8 Å². The molecule has 1 fully saturated rings. The predicted molar refractivity (Wildman–Crippen MR) is 131 cm³/mol. The highest BCUT2D eigenvalue weighted by Crippen LogP contribution is 2.32. The van der Waals surface area contributed by atoms with Crippen LogP contribution in [0.4, 0.5) is 0 Å². The Balaban J connectivity index is 1.36. The zero-order valence-corrected chi connectivity index (χ0v) is 20.2. The number of carbonyl (C=O) groups is 1. The number of carbonyl (C=O) groups excluding carboxylic acids is 1. The summed E-state index contributed by atoms with van der Waals surface area (Å²) in [5.41, 5.74) is 2.20. The number of methoxy groups -OCH3 is 1. The number of aromatic nitrogens is 3. The second-order valence-corrected chi connectivity index (χ2v) is 9.53. The van der Waals surface area contributed by atoms with E-state index < -0.39 is 0 Å². The van der Waals surface area contributed by atoms with Crippen molar-refractivity contribution in [2.75, 3.05) is 20.2 Å². The Kier molecular flexibility index (Phi) is 7.67. The van der Waals surface area contributed by atoms with Crippen molar-refractivity contribution in [2.45, 2.75) is 49.8 Å². The van der Waals surface area contributed by atoms with Crippen molar-refractivity contribution in [1.29, 1.82) is 0 Å². The van der Waals surface area contributed by atoms with Crippen LogP contribution in [0.5, 0.6) is 5.75 Å². The van der Waals surface area contributed by atoms with Crippen molar-refractivity contribution in [3.8, 4) is 17.1 Å². The fourth-order valence-electron chi connectivity index (χ4n) is 4.16. The van der Waals surface area contributed by atoms with Gasteiger partial charge in [-0.2, -0.15) is 0 Å². The summed E-state index contributed by atoms with van der Waals surface area (Å²) < 4.78 is 7.52. The minimum absolute atomic E-state index is 0.0380. The van der Waals surface area contributed by atoms with E-state index in [1.165, 1.54) is 17.3 Å². The van der Waals surface area contributed by atoms with Crippen LogP contribution in [0.25, 0.3) is 11.4 Å². The van der Waals surface area contributed by atoms with E-state index in [1.54, 1.807) is 7.11 Å². The molecule has 0 aliphatic carbocycles. The second kappa shape index (κ2) is 10.9. The summed E-state index contributed by atoms with van der Waals surface area (Å²) in [7, 11) is 1.65. The van der Waals surface area contributed by atoms with E-state index in [0.29, 0.717) is 6.54 Å². The van der Waals surface area contributed by atoms with Crippen LogP contribution < -0.4 is 10.1 Å². The third-order valence-corrected chi connectivity index (χ3v) is 6.98. The zero-order chi connectivity index (χ0) is 23.2. The molecule has 174 valence electrons. The first kappa shape index (κ1) is 23.3. The molecule has 2 atom stereocenters. The Bertz CT molecular complexity index is 1070. The number of likely N-dealkylation sites (tertiary alicyclic amines) is 1. The first-order valence-electron chi connectivity index (χ1n) is 11.4. The molecule has 1 aliphatic heterocycles. The van der Waals surface area contributed by atoms with Gasteiger partial charge in [-0.15, -0.1) is 10.2 Å². The summed E-state index contributed by atoms with van der Waals surface area (Å²) >= 11 is 1.44. The van der Waals surface area contributed by atoms with E-state index in [-0.39, 0.29) is 17.2 Å². The first-order valence-corrected chi connectivity index (χ1v) is 12.3. The third-order valence-electron chi connectivity index (χ3n) is 5.90. The predicted octanol–water partition coefficient (Wildman–Crippen LogP) is 3.84. The molecule has 1 aliphatic rings. The SMILES string of the molecule is CCn1c(SC(C)C(=O)NC2CCN(Cc3ccccc3)C2)nnc1-c1ccccc1OC. The number of thioether (sulfide) groups is 1. The first-order chi connectivity index (χ1) is 16.1. The van der Waals surface area contributed by atoms with Gasteiger partial charge in [-0.25, -0.2) is 0 Å². The maximum atomic E-state index is 12.9. The van der Waals surface area contributed by atoms with Gasteiger partial charge in [0, 0.05) is 32.2 Å². The van der Waals surface area contributed by atoms with Crippen molar-refractivity contribution >= 4 is 17.7 Å². The molecule has 0 bridgehead atoms. The lowest BCUT2D eigenvalue weighted by Crippen LogP contribution is -2.40. The molecular weight excluding hydrogens is 434 g/mol. The molecular formula is C25H31N5O2S. The number of hydrogen-bond acceptors (Lipinski definition) is 6. The van der Waals surface area contributed by atoms with E-state index in [1.807, 2.05) is 41.8 Å². The van der Waals surface area contributed by atoms with Crippen LogP contribution in [-0.4, -0.2) is 57.1 Å². The minimum Gasteiger partial charge on any atom is -0.496 e. The highest BCUT2D eigenvalue weighted by Gasteiger charge is 2.27. The second-order valence-electron chi connectivity index (χ2n) is 8.23. The Labute approximate surface area is 199 Å². The number of ether oxygens (including phenoxy) is 1. The van der Waals surface area contributed by atoms with Gasteiger partial charge in [0.15, 0.2) is 11.0 Å². The fourth-order valence-corrected chi connectivity index (χ4v) is 5.08. The van der Waals surface area contributed by atoms with Crippen LogP contribution in [0.3, 0.4) is 0 Å². The Morgan fingerprint density at radius 1 is 1.18 bits per heavy atom. The third kappa shape index (κ3) is 5.57. The number of benzene rings is 2. The van der Waals surface area contributed by atoms with Crippen molar-refractivity contribution in [2.24, 2.45) is 0 Å². The molecule has 33 heavy (non-hydrogen) atoms. The molecule has 8 heteroatoms. The van der Waals surface area contributed by atoms with Gasteiger partial charge in [0.25, 0.3) is 0 Å². The summed E-state index contributed by atoms with van der Waals surface area (Å²) in [6, 6.07) is 18.4. The molecule has 0 radical (unpaired) electrons. The van der Waals surface area contributed by atoms with E-state index in [9.17, 15) is 4.79 Å². The maximum Gasteiger partial charge on any atom is 0.233 e. The Hall–Kier alpha value is -2.84. The van der Waals surface area contributed by atoms with Crippen LogP contribution in [-0.2, 0) is 17.9 Å². The maximum absolute atomic E-state index is 12.9. The van der Waals surface area contributed by atoms with Gasteiger partial charge in [0.1, 0.15) is 5.75 Å². The molecule has 1 N–H and O–H groups in total. The fraction of sp³-hybridized carbons (Fsp3) is 0.400. The Morgan fingerprint density at radius 3 is 2.70 bits per heavy atom. The summed E-state index contributed by atoms with van der Waals surface area (Å²) in [6.07, 6.45) is 0.971. The molecule has 2 aromatic carbocycles. The summed E-state index contributed by atoms with van der Waals surface area (Å²) in [4.78, 5) is 15.3. The molecule has 1 amide bonds. The number of para-hydroxylation sites is 1. The van der Waals surface area contributed by atoms with E-state index in [4.69, 9.17) is 4.74 Å². The number of amides is 1. The van der Waals surface area contributed by atoms with Crippen LogP contribution in [0, 0.1) is 0 Å². The van der Waals surface area contributed by atoms with Gasteiger partial charge in [-0.1, -0.05) is 54.2 Å². The van der Waals surface area contributed by atoms with Gasteiger partial charge in [-0.05, 0) is 38.0 Å².